The lowest BCUT2D eigenvalue weighted by Gasteiger charge is -2.12. The summed E-state index contributed by atoms with van der Waals surface area (Å²) in [5.74, 6) is 2.53. The van der Waals surface area contributed by atoms with Crippen molar-refractivity contribution in [2.45, 2.75) is 19.8 Å². The maximum absolute atomic E-state index is 6.18. The van der Waals surface area contributed by atoms with Gasteiger partial charge in [0.2, 0.25) is 0 Å². The van der Waals surface area contributed by atoms with Crippen molar-refractivity contribution in [3.63, 3.8) is 0 Å². The third-order valence-corrected chi connectivity index (χ3v) is 3.53. The van der Waals surface area contributed by atoms with Gasteiger partial charge in [-0.1, -0.05) is 41.4 Å². The van der Waals surface area contributed by atoms with E-state index >= 15 is 0 Å². The highest BCUT2D eigenvalue weighted by molar-refractivity contribution is 9.10. The van der Waals surface area contributed by atoms with Gasteiger partial charge < -0.3 is 10.6 Å². The quantitative estimate of drug-likeness (QED) is 0.827. The molecule has 0 saturated carbocycles. The molecule has 0 spiro atoms. The minimum Gasteiger partial charge on any atom is -0.373 e. The van der Waals surface area contributed by atoms with Crippen molar-refractivity contribution >= 4 is 44.9 Å². The Kier molecular flexibility index (Phi) is 4.83. The van der Waals surface area contributed by atoms with E-state index in [9.17, 15) is 0 Å². The molecule has 2 aromatic rings. The molecule has 0 bridgehead atoms. The number of hydrogen-bond donors (Lipinski definition) is 2. The minimum atomic E-state index is 0.252. The van der Waals surface area contributed by atoms with Gasteiger partial charge in [0.1, 0.15) is 17.5 Å². The molecule has 1 aromatic heterocycles. The second-order valence-electron chi connectivity index (χ2n) is 4.65. The molecule has 1 aromatic carbocycles. The zero-order chi connectivity index (χ0) is 14.7. The molecule has 0 aliphatic heterocycles. The Morgan fingerprint density at radius 2 is 1.85 bits per heavy atom. The molecule has 4 nitrogen and oxygen atoms in total. The second-order valence-corrected chi connectivity index (χ2v) is 5.97. The summed E-state index contributed by atoms with van der Waals surface area (Å²) < 4.78 is 0.955. The SMILES string of the molecule is CNc1cc(Nc2cc(Br)ccc2Cl)nc(C(C)C)n1. The van der Waals surface area contributed by atoms with Gasteiger partial charge in [0.25, 0.3) is 0 Å². The standard InChI is InChI=1S/C14H16BrClN4/c1-8(2)14-19-12(17-3)7-13(20-14)18-11-6-9(15)4-5-10(11)16/h4-8H,1-3H3,(H2,17,18,19,20). The topological polar surface area (TPSA) is 49.8 Å². The smallest absolute Gasteiger partial charge is 0.136 e. The predicted octanol–water partition coefficient (Wildman–Crippen LogP) is 4.80. The number of rotatable bonds is 4. The van der Waals surface area contributed by atoms with Gasteiger partial charge in [-0.15, -0.1) is 0 Å². The van der Waals surface area contributed by atoms with E-state index in [4.69, 9.17) is 11.6 Å². The molecule has 0 atom stereocenters. The number of nitrogens with one attached hydrogen (secondary N) is 2. The summed E-state index contributed by atoms with van der Waals surface area (Å²) in [5, 5.41) is 6.91. The summed E-state index contributed by atoms with van der Waals surface area (Å²) in [4.78, 5) is 8.94. The van der Waals surface area contributed by atoms with Gasteiger partial charge in [0.05, 0.1) is 10.7 Å². The molecule has 20 heavy (non-hydrogen) atoms. The molecule has 0 aliphatic rings. The molecule has 2 rings (SSSR count). The fourth-order valence-electron chi connectivity index (χ4n) is 1.65. The highest BCUT2D eigenvalue weighted by Gasteiger charge is 2.09. The molecule has 0 radical (unpaired) electrons. The Morgan fingerprint density at radius 3 is 2.50 bits per heavy atom. The third kappa shape index (κ3) is 3.61. The first kappa shape index (κ1) is 15.1. The lowest BCUT2D eigenvalue weighted by Crippen LogP contribution is -2.05. The van der Waals surface area contributed by atoms with Crippen LogP contribution in [0.3, 0.4) is 0 Å². The summed E-state index contributed by atoms with van der Waals surface area (Å²) in [6, 6.07) is 7.49. The van der Waals surface area contributed by atoms with E-state index in [1.54, 1.807) is 0 Å². The molecule has 106 valence electrons. The Labute approximate surface area is 132 Å². The van der Waals surface area contributed by atoms with Crippen LogP contribution in [0.15, 0.2) is 28.7 Å². The largest absolute Gasteiger partial charge is 0.373 e. The number of halogens is 2. The van der Waals surface area contributed by atoms with Crippen molar-refractivity contribution in [3.8, 4) is 0 Å². The van der Waals surface area contributed by atoms with Crippen LogP contribution in [0.1, 0.15) is 25.6 Å². The lowest BCUT2D eigenvalue weighted by molar-refractivity contribution is 0.778. The van der Waals surface area contributed by atoms with Crippen LogP contribution in [-0.4, -0.2) is 17.0 Å². The molecule has 6 heteroatoms. The van der Waals surface area contributed by atoms with Crippen molar-refractivity contribution in [2.75, 3.05) is 17.7 Å². The molecule has 1 heterocycles. The van der Waals surface area contributed by atoms with Crippen LogP contribution in [0, 0.1) is 0 Å². The average Bonchev–Trinajstić information content (AvgIpc) is 2.42. The average molecular weight is 356 g/mol. The molecule has 0 unspecified atom stereocenters. The maximum Gasteiger partial charge on any atom is 0.136 e. The number of anilines is 3. The first-order valence-corrected chi connectivity index (χ1v) is 7.45. The van der Waals surface area contributed by atoms with Crippen molar-refractivity contribution in [1.29, 1.82) is 0 Å². The van der Waals surface area contributed by atoms with Gasteiger partial charge >= 0.3 is 0 Å². The van der Waals surface area contributed by atoms with E-state index in [0.29, 0.717) is 10.8 Å². The van der Waals surface area contributed by atoms with Crippen LogP contribution in [0.25, 0.3) is 0 Å². The zero-order valence-corrected chi connectivity index (χ0v) is 13.9. The van der Waals surface area contributed by atoms with Gasteiger partial charge in [-0.3, -0.25) is 0 Å². The Bertz CT molecular complexity index is 616. The number of aromatic nitrogens is 2. The molecular weight excluding hydrogens is 340 g/mol. The molecule has 0 amide bonds. The second kappa shape index (κ2) is 6.41. The predicted molar refractivity (Wildman–Crippen MR) is 88.1 cm³/mol. The van der Waals surface area contributed by atoms with E-state index in [0.717, 1.165) is 21.8 Å². The van der Waals surface area contributed by atoms with Crippen molar-refractivity contribution in [3.05, 3.63) is 39.6 Å². The molecular formula is C14H16BrClN4. The van der Waals surface area contributed by atoms with Crippen molar-refractivity contribution in [2.24, 2.45) is 0 Å². The minimum absolute atomic E-state index is 0.252. The van der Waals surface area contributed by atoms with Crippen molar-refractivity contribution < 1.29 is 0 Å². The van der Waals surface area contributed by atoms with Crippen LogP contribution in [0.4, 0.5) is 17.3 Å². The summed E-state index contributed by atoms with van der Waals surface area (Å²) in [7, 11) is 1.84. The van der Waals surface area contributed by atoms with Crippen molar-refractivity contribution in [1.82, 2.24) is 9.97 Å². The first-order chi connectivity index (χ1) is 9.49. The Balaban J connectivity index is 2.37. The van der Waals surface area contributed by atoms with Gasteiger partial charge in [-0.25, -0.2) is 9.97 Å². The van der Waals surface area contributed by atoms with Gasteiger partial charge in [-0.2, -0.15) is 0 Å². The highest BCUT2D eigenvalue weighted by Crippen LogP contribution is 2.29. The van der Waals surface area contributed by atoms with E-state index < -0.39 is 0 Å². The third-order valence-electron chi connectivity index (χ3n) is 2.71. The maximum atomic E-state index is 6.18. The summed E-state index contributed by atoms with van der Waals surface area (Å²) >= 11 is 9.61. The number of benzene rings is 1. The van der Waals surface area contributed by atoms with E-state index in [2.05, 4.69) is 50.4 Å². The fourth-order valence-corrected chi connectivity index (χ4v) is 2.17. The molecule has 2 N–H and O–H groups in total. The Hall–Kier alpha value is -1.33. The normalized spacial score (nSPS) is 10.7. The first-order valence-electron chi connectivity index (χ1n) is 6.28. The molecule has 0 fully saturated rings. The lowest BCUT2D eigenvalue weighted by atomic mass is 10.2. The van der Waals surface area contributed by atoms with Gasteiger partial charge in [-0.05, 0) is 18.2 Å². The van der Waals surface area contributed by atoms with Gasteiger partial charge in [0.15, 0.2) is 0 Å². The van der Waals surface area contributed by atoms with Gasteiger partial charge in [0, 0.05) is 23.5 Å². The van der Waals surface area contributed by atoms with E-state index in [1.165, 1.54) is 0 Å². The number of nitrogens with zero attached hydrogens (tertiary/aromatic N) is 2. The monoisotopic (exact) mass is 354 g/mol. The molecule has 0 saturated heterocycles. The van der Waals surface area contributed by atoms with Crippen LogP contribution >= 0.6 is 27.5 Å². The van der Waals surface area contributed by atoms with Crippen LogP contribution in [0.2, 0.25) is 5.02 Å². The zero-order valence-electron chi connectivity index (χ0n) is 11.5. The summed E-state index contributed by atoms with van der Waals surface area (Å²) in [5.41, 5.74) is 0.802. The van der Waals surface area contributed by atoms with Crippen LogP contribution < -0.4 is 10.6 Å². The number of hydrogen-bond acceptors (Lipinski definition) is 4. The highest BCUT2D eigenvalue weighted by atomic mass is 79.9. The Morgan fingerprint density at radius 1 is 1.15 bits per heavy atom. The van der Waals surface area contributed by atoms with E-state index in [-0.39, 0.29) is 5.92 Å². The van der Waals surface area contributed by atoms with Crippen LogP contribution in [-0.2, 0) is 0 Å². The van der Waals surface area contributed by atoms with E-state index in [1.807, 2.05) is 31.3 Å². The summed E-state index contributed by atoms with van der Waals surface area (Å²) in [6.45, 7) is 4.12. The molecule has 0 aliphatic carbocycles. The fraction of sp³-hybridized carbons (Fsp3) is 0.286. The summed E-state index contributed by atoms with van der Waals surface area (Å²) in [6.07, 6.45) is 0. The van der Waals surface area contributed by atoms with Crippen LogP contribution in [0.5, 0.6) is 0 Å².